The van der Waals surface area contributed by atoms with Crippen LogP contribution in [-0.4, -0.2) is 55.4 Å². The van der Waals surface area contributed by atoms with Crippen LogP contribution in [0.4, 0.5) is 0 Å². The van der Waals surface area contributed by atoms with Crippen LogP contribution in [0.25, 0.3) is 0 Å². The van der Waals surface area contributed by atoms with E-state index in [0.717, 1.165) is 25.6 Å². The number of nitrogens with one attached hydrogen (secondary N) is 2. The molecular weight excluding hydrogens is 359 g/mol. The van der Waals surface area contributed by atoms with Crippen molar-refractivity contribution < 1.29 is 23.6 Å². The van der Waals surface area contributed by atoms with Crippen molar-refractivity contribution in [2.75, 3.05) is 19.8 Å². The van der Waals surface area contributed by atoms with Crippen molar-refractivity contribution in [2.45, 2.75) is 90.3 Å². The van der Waals surface area contributed by atoms with E-state index >= 15 is 0 Å². The highest BCUT2D eigenvalue weighted by molar-refractivity contribution is 6.45. The van der Waals surface area contributed by atoms with Crippen LogP contribution in [0.5, 0.6) is 0 Å². The van der Waals surface area contributed by atoms with Crippen molar-refractivity contribution >= 4 is 18.9 Å². The molecule has 2 aliphatic rings. The number of unbranched alkanes of at least 4 members (excludes halogenated alkanes) is 1. The third kappa shape index (κ3) is 5.48. The van der Waals surface area contributed by atoms with E-state index in [-0.39, 0.29) is 42.7 Å². The van der Waals surface area contributed by atoms with Gasteiger partial charge in [-0.15, -0.1) is 0 Å². The molecule has 0 unspecified atom stereocenters. The molecule has 2 saturated heterocycles. The lowest BCUT2D eigenvalue weighted by Crippen LogP contribution is -2.64. The molecule has 8 heteroatoms. The molecule has 0 aliphatic carbocycles. The predicted octanol–water partition coefficient (Wildman–Crippen LogP) is 2.30. The number of ether oxygens (including phenoxy) is 1. The Morgan fingerprint density at radius 2 is 1.79 bits per heavy atom. The van der Waals surface area contributed by atoms with Gasteiger partial charge in [-0.25, -0.2) is 0 Å². The van der Waals surface area contributed by atoms with Gasteiger partial charge in [-0.1, -0.05) is 13.3 Å². The number of carbonyl (C=O) groups is 2. The number of rotatable bonds is 8. The number of hydrogen-bond donors (Lipinski definition) is 2. The molecule has 2 rings (SSSR count). The maximum atomic E-state index is 12.9. The van der Waals surface area contributed by atoms with E-state index in [1.165, 1.54) is 6.92 Å². The zero-order chi connectivity index (χ0) is 21.0. The smallest absolute Gasteiger partial charge is 0.403 e. The van der Waals surface area contributed by atoms with Crippen LogP contribution in [0, 0.1) is 5.92 Å². The van der Waals surface area contributed by atoms with Crippen LogP contribution in [0.15, 0.2) is 0 Å². The summed E-state index contributed by atoms with van der Waals surface area (Å²) in [4.78, 5) is 24.6. The van der Waals surface area contributed by atoms with E-state index in [2.05, 4.69) is 17.6 Å². The third-order valence-corrected chi connectivity index (χ3v) is 6.12. The number of hydrogen-bond acceptors (Lipinski definition) is 5. The minimum Gasteiger partial charge on any atom is -0.403 e. The molecule has 2 amide bonds. The number of carbonyl (C=O) groups excluding carboxylic acids is 2. The lowest BCUT2D eigenvalue weighted by Gasteiger charge is -2.40. The van der Waals surface area contributed by atoms with Gasteiger partial charge >= 0.3 is 7.12 Å². The molecular formula is C20H37BN2O5. The van der Waals surface area contributed by atoms with Crippen LogP contribution in [0.1, 0.15) is 67.2 Å². The van der Waals surface area contributed by atoms with Crippen LogP contribution in [-0.2, 0) is 23.6 Å². The van der Waals surface area contributed by atoms with Crippen LogP contribution in [0.2, 0.25) is 6.32 Å². The number of amides is 2. The van der Waals surface area contributed by atoms with Gasteiger partial charge in [0.25, 0.3) is 0 Å². The van der Waals surface area contributed by atoms with Crippen LogP contribution in [0.3, 0.4) is 0 Å². The van der Waals surface area contributed by atoms with Crippen molar-refractivity contribution in [1.29, 1.82) is 0 Å². The Morgan fingerprint density at radius 1 is 1.14 bits per heavy atom. The van der Waals surface area contributed by atoms with Gasteiger partial charge in [-0.3, -0.25) is 9.59 Å². The Bertz CT molecular complexity index is 553. The van der Waals surface area contributed by atoms with Gasteiger partial charge in [0.15, 0.2) is 0 Å². The van der Waals surface area contributed by atoms with Gasteiger partial charge in [-0.2, -0.15) is 0 Å². The van der Waals surface area contributed by atoms with Gasteiger partial charge in [-0.05, 0) is 59.2 Å². The fourth-order valence-electron chi connectivity index (χ4n) is 3.84. The fourth-order valence-corrected chi connectivity index (χ4v) is 3.84. The average molecular weight is 396 g/mol. The highest BCUT2D eigenvalue weighted by atomic mass is 16.7. The minimum absolute atomic E-state index is 0.150. The van der Waals surface area contributed by atoms with E-state index in [4.69, 9.17) is 14.0 Å². The molecule has 2 atom stereocenters. The van der Waals surface area contributed by atoms with Gasteiger partial charge in [0.05, 0.1) is 17.8 Å². The van der Waals surface area contributed by atoms with Crippen molar-refractivity contribution in [3.8, 4) is 0 Å². The van der Waals surface area contributed by atoms with Crippen LogP contribution >= 0.6 is 0 Å². The first kappa shape index (κ1) is 23.2. The normalized spacial score (nSPS) is 28.8. The first-order valence-corrected chi connectivity index (χ1v) is 10.5. The SMILES string of the molecule is CCCCNC(=O)[C@]1(NC(C)=O)COC[C@H](CCB2OC(C)(C)C(C)(C)O2)C1. The van der Waals surface area contributed by atoms with E-state index in [1.54, 1.807) is 0 Å². The second-order valence-electron chi connectivity index (χ2n) is 9.22. The Labute approximate surface area is 169 Å². The molecule has 0 spiro atoms. The summed E-state index contributed by atoms with van der Waals surface area (Å²) < 4.78 is 17.9. The summed E-state index contributed by atoms with van der Waals surface area (Å²) in [6.07, 6.45) is 4.01. The summed E-state index contributed by atoms with van der Waals surface area (Å²) in [5.74, 6) is -0.228. The van der Waals surface area contributed by atoms with E-state index < -0.39 is 5.54 Å². The molecule has 160 valence electrons. The maximum absolute atomic E-state index is 12.9. The zero-order valence-corrected chi connectivity index (χ0v) is 18.4. The van der Waals surface area contributed by atoms with Gasteiger partial charge in [0.1, 0.15) is 5.54 Å². The molecule has 2 fully saturated rings. The summed E-state index contributed by atoms with van der Waals surface area (Å²) in [5, 5.41) is 5.82. The first-order chi connectivity index (χ1) is 13.0. The largest absolute Gasteiger partial charge is 0.457 e. The standard InChI is InChI=1S/C20H37BN2O5/c1-7-8-11-22-17(25)20(23-15(2)24)12-16(13-26-14-20)9-10-21-27-18(3,4)19(5,6)28-21/h16H,7-14H2,1-6H3,(H,22,25)(H,23,24)/t16-,20-/m1/s1. The Balaban J connectivity index is 1.97. The monoisotopic (exact) mass is 396 g/mol. The summed E-state index contributed by atoms with van der Waals surface area (Å²) in [5.41, 5.74) is -1.70. The molecule has 0 aromatic rings. The minimum atomic E-state index is -1.00. The quantitative estimate of drug-likeness (QED) is 0.486. The van der Waals surface area contributed by atoms with Gasteiger partial charge in [0, 0.05) is 20.1 Å². The van der Waals surface area contributed by atoms with E-state index in [9.17, 15) is 9.59 Å². The molecule has 2 aliphatic heterocycles. The molecule has 2 heterocycles. The summed E-state index contributed by atoms with van der Waals surface area (Å²) in [7, 11) is -0.263. The second kappa shape index (κ2) is 9.14. The van der Waals surface area contributed by atoms with Crippen molar-refractivity contribution in [3.63, 3.8) is 0 Å². The van der Waals surface area contributed by atoms with Gasteiger partial charge in [0.2, 0.25) is 11.8 Å². The third-order valence-electron chi connectivity index (χ3n) is 6.12. The van der Waals surface area contributed by atoms with Crippen molar-refractivity contribution in [2.24, 2.45) is 5.92 Å². The van der Waals surface area contributed by atoms with Gasteiger partial charge < -0.3 is 24.7 Å². The molecule has 0 bridgehead atoms. The predicted molar refractivity (Wildman–Crippen MR) is 109 cm³/mol. The van der Waals surface area contributed by atoms with Crippen molar-refractivity contribution in [3.05, 3.63) is 0 Å². The highest BCUT2D eigenvalue weighted by Gasteiger charge is 2.51. The lowest BCUT2D eigenvalue weighted by molar-refractivity contribution is -0.141. The average Bonchev–Trinajstić information content (AvgIpc) is 2.80. The summed E-state index contributed by atoms with van der Waals surface area (Å²) >= 11 is 0. The molecule has 0 saturated carbocycles. The van der Waals surface area contributed by atoms with E-state index in [1.807, 2.05) is 27.7 Å². The topological polar surface area (TPSA) is 85.9 Å². The van der Waals surface area contributed by atoms with Crippen LogP contribution < -0.4 is 10.6 Å². The van der Waals surface area contributed by atoms with E-state index in [0.29, 0.717) is 19.6 Å². The Morgan fingerprint density at radius 3 is 2.36 bits per heavy atom. The summed E-state index contributed by atoms with van der Waals surface area (Å²) in [6, 6.07) is 0. The zero-order valence-electron chi connectivity index (χ0n) is 18.4. The van der Waals surface area contributed by atoms with Crippen molar-refractivity contribution in [1.82, 2.24) is 10.6 Å². The molecule has 0 radical (unpaired) electrons. The molecule has 28 heavy (non-hydrogen) atoms. The molecule has 2 N–H and O–H groups in total. The highest BCUT2D eigenvalue weighted by Crippen LogP contribution is 2.39. The molecule has 0 aromatic carbocycles. The summed E-state index contributed by atoms with van der Waals surface area (Å²) in [6.45, 7) is 13.1. The lowest BCUT2D eigenvalue weighted by atomic mass is 9.75. The second-order valence-corrected chi connectivity index (χ2v) is 9.22. The Hall–Kier alpha value is -1.12. The molecule has 0 aromatic heterocycles. The Kier molecular flexibility index (Phi) is 7.56. The maximum Gasteiger partial charge on any atom is 0.457 e. The first-order valence-electron chi connectivity index (χ1n) is 10.5. The fraction of sp³-hybridized carbons (Fsp3) is 0.900. The molecule has 7 nitrogen and oxygen atoms in total.